The van der Waals surface area contributed by atoms with Crippen molar-refractivity contribution < 1.29 is 24.2 Å². The second-order valence-corrected chi connectivity index (χ2v) is 5.73. The summed E-state index contributed by atoms with van der Waals surface area (Å²) >= 11 is 0. The zero-order valence-corrected chi connectivity index (χ0v) is 13.9. The summed E-state index contributed by atoms with van der Waals surface area (Å²) in [7, 11) is 0. The van der Waals surface area contributed by atoms with E-state index < -0.39 is 6.10 Å². The minimum atomic E-state index is -0.424. The predicted octanol–water partition coefficient (Wildman–Crippen LogP) is 2.50. The quantitative estimate of drug-likeness (QED) is 0.670. The van der Waals surface area contributed by atoms with Gasteiger partial charge in [0.15, 0.2) is 0 Å². The van der Waals surface area contributed by atoms with Crippen molar-refractivity contribution in [1.29, 1.82) is 0 Å². The summed E-state index contributed by atoms with van der Waals surface area (Å²) in [5.74, 6) is -0.806. The highest BCUT2D eigenvalue weighted by Crippen LogP contribution is 2.14. The predicted molar refractivity (Wildman–Crippen MR) is 86.8 cm³/mol. The third kappa shape index (κ3) is 9.68. The Labute approximate surface area is 137 Å². The van der Waals surface area contributed by atoms with E-state index in [2.05, 4.69) is 0 Å². The van der Waals surface area contributed by atoms with Crippen LogP contribution in [0.25, 0.3) is 0 Å². The molecular weight excluding hydrogens is 296 g/mol. The lowest BCUT2D eigenvalue weighted by atomic mass is 9.98. The van der Waals surface area contributed by atoms with Crippen LogP contribution in [0.4, 0.5) is 0 Å². The normalized spacial score (nSPS) is 12.0. The van der Waals surface area contributed by atoms with Crippen molar-refractivity contribution in [2.45, 2.75) is 45.6 Å². The lowest BCUT2D eigenvalue weighted by molar-refractivity contribution is -0.146. The SMILES string of the molecule is CC(=O)OCC(CCC(O)CCc1ccccc1)COC(C)=O. The van der Waals surface area contributed by atoms with Gasteiger partial charge in [-0.05, 0) is 31.2 Å². The van der Waals surface area contributed by atoms with E-state index in [0.29, 0.717) is 19.3 Å². The van der Waals surface area contributed by atoms with Crippen molar-refractivity contribution in [3.05, 3.63) is 35.9 Å². The van der Waals surface area contributed by atoms with Gasteiger partial charge < -0.3 is 14.6 Å². The summed E-state index contributed by atoms with van der Waals surface area (Å²) in [4.78, 5) is 21.8. The first kappa shape index (κ1) is 19.2. The van der Waals surface area contributed by atoms with Crippen LogP contribution >= 0.6 is 0 Å². The Morgan fingerprint density at radius 2 is 1.52 bits per heavy atom. The van der Waals surface area contributed by atoms with Crippen LogP contribution in [0, 0.1) is 5.92 Å². The van der Waals surface area contributed by atoms with E-state index >= 15 is 0 Å². The lowest BCUT2D eigenvalue weighted by Gasteiger charge is -2.18. The van der Waals surface area contributed by atoms with E-state index in [1.807, 2.05) is 30.3 Å². The van der Waals surface area contributed by atoms with Gasteiger partial charge in [0, 0.05) is 19.8 Å². The summed E-state index contributed by atoms with van der Waals surface area (Å²) in [6.45, 7) is 3.09. The van der Waals surface area contributed by atoms with Gasteiger partial charge in [-0.2, -0.15) is 0 Å². The summed E-state index contributed by atoms with van der Waals surface area (Å²) in [6, 6.07) is 10.0. The van der Waals surface area contributed by atoms with Gasteiger partial charge in [-0.3, -0.25) is 9.59 Å². The fourth-order valence-corrected chi connectivity index (χ4v) is 2.24. The van der Waals surface area contributed by atoms with E-state index in [9.17, 15) is 14.7 Å². The number of benzene rings is 1. The van der Waals surface area contributed by atoms with Crippen LogP contribution in [-0.4, -0.2) is 36.4 Å². The van der Waals surface area contributed by atoms with Crippen LogP contribution in [-0.2, 0) is 25.5 Å². The van der Waals surface area contributed by atoms with Crippen LogP contribution in [0.3, 0.4) is 0 Å². The fourth-order valence-electron chi connectivity index (χ4n) is 2.24. The number of aliphatic hydroxyl groups excluding tert-OH is 1. The smallest absolute Gasteiger partial charge is 0.302 e. The van der Waals surface area contributed by atoms with Gasteiger partial charge in [-0.15, -0.1) is 0 Å². The highest BCUT2D eigenvalue weighted by molar-refractivity contribution is 5.66. The van der Waals surface area contributed by atoms with E-state index in [-0.39, 0.29) is 31.1 Å². The maximum Gasteiger partial charge on any atom is 0.302 e. The summed E-state index contributed by atoms with van der Waals surface area (Å²) < 4.78 is 9.97. The molecule has 0 saturated heterocycles. The third-order valence-corrected chi connectivity index (χ3v) is 3.56. The molecular formula is C18H26O5. The standard InChI is InChI=1S/C18H26O5/c1-14(19)22-12-17(13-23-15(2)20)9-11-18(21)10-8-16-6-4-3-5-7-16/h3-7,17-18,21H,8-13H2,1-2H3. The number of carbonyl (C=O) groups excluding carboxylic acids is 2. The molecule has 0 aromatic heterocycles. The maximum atomic E-state index is 10.9. The van der Waals surface area contributed by atoms with E-state index in [0.717, 1.165) is 6.42 Å². The molecule has 0 heterocycles. The molecule has 5 heteroatoms. The van der Waals surface area contributed by atoms with Crippen molar-refractivity contribution in [2.24, 2.45) is 5.92 Å². The van der Waals surface area contributed by atoms with Gasteiger partial charge in [0.1, 0.15) is 0 Å². The Morgan fingerprint density at radius 3 is 2.04 bits per heavy atom. The minimum absolute atomic E-state index is 0.0887. The molecule has 0 aliphatic heterocycles. The van der Waals surface area contributed by atoms with Crippen LogP contribution < -0.4 is 0 Å². The van der Waals surface area contributed by atoms with Gasteiger partial charge in [0.25, 0.3) is 0 Å². The third-order valence-electron chi connectivity index (χ3n) is 3.56. The maximum absolute atomic E-state index is 10.9. The number of aryl methyl sites for hydroxylation is 1. The second kappa shape index (κ2) is 10.8. The highest BCUT2D eigenvalue weighted by atomic mass is 16.5. The van der Waals surface area contributed by atoms with Gasteiger partial charge >= 0.3 is 11.9 Å². The topological polar surface area (TPSA) is 72.8 Å². The average molecular weight is 322 g/mol. The largest absolute Gasteiger partial charge is 0.465 e. The average Bonchev–Trinajstić information content (AvgIpc) is 2.52. The molecule has 5 nitrogen and oxygen atoms in total. The Kier molecular flexibility index (Phi) is 8.98. The Balaban J connectivity index is 2.32. The Bertz CT molecular complexity index is 454. The zero-order chi connectivity index (χ0) is 17.1. The highest BCUT2D eigenvalue weighted by Gasteiger charge is 2.15. The first-order valence-electron chi connectivity index (χ1n) is 7.96. The van der Waals surface area contributed by atoms with Crippen LogP contribution in [0.1, 0.15) is 38.7 Å². The molecule has 0 spiro atoms. The molecule has 1 aromatic carbocycles. The molecule has 1 unspecified atom stereocenters. The molecule has 128 valence electrons. The molecule has 0 aliphatic carbocycles. The Hall–Kier alpha value is -1.88. The number of hydrogen-bond acceptors (Lipinski definition) is 5. The molecule has 1 N–H and O–H groups in total. The van der Waals surface area contributed by atoms with E-state index in [1.165, 1.54) is 19.4 Å². The number of hydrogen-bond donors (Lipinski definition) is 1. The molecule has 1 aromatic rings. The Morgan fingerprint density at radius 1 is 0.957 bits per heavy atom. The van der Waals surface area contributed by atoms with Crippen molar-refractivity contribution in [3.63, 3.8) is 0 Å². The fraction of sp³-hybridized carbons (Fsp3) is 0.556. The first-order chi connectivity index (χ1) is 11.0. The van der Waals surface area contributed by atoms with Gasteiger partial charge in [0.05, 0.1) is 19.3 Å². The van der Waals surface area contributed by atoms with Crippen LogP contribution in [0.15, 0.2) is 30.3 Å². The number of carbonyl (C=O) groups is 2. The van der Waals surface area contributed by atoms with Crippen molar-refractivity contribution in [1.82, 2.24) is 0 Å². The summed E-state index contributed by atoms with van der Waals surface area (Å²) in [5, 5.41) is 10.1. The van der Waals surface area contributed by atoms with Crippen LogP contribution in [0.2, 0.25) is 0 Å². The molecule has 1 rings (SSSR count). The van der Waals surface area contributed by atoms with Crippen molar-refractivity contribution in [2.75, 3.05) is 13.2 Å². The summed E-state index contributed by atoms with van der Waals surface area (Å²) in [5.41, 5.74) is 1.20. The molecule has 0 radical (unpaired) electrons. The molecule has 1 atom stereocenters. The molecule has 0 fully saturated rings. The van der Waals surface area contributed by atoms with Gasteiger partial charge in [-0.25, -0.2) is 0 Å². The zero-order valence-electron chi connectivity index (χ0n) is 13.9. The molecule has 0 bridgehead atoms. The van der Waals surface area contributed by atoms with Crippen LogP contribution in [0.5, 0.6) is 0 Å². The van der Waals surface area contributed by atoms with Crippen molar-refractivity contribution >= 4 is 11.9 Å². The molecule has 23 heavy (non-hydrogen) atoms. The second-order valence-electron chi connectivity index (χ2n) is 5.73. The molecule has 0 amide bonds. The number of esters is 2. The van der Waals surface area contributed by atoms with Gasteiger partial charge in [0.2, 0.25) is 0 Å². The van der Waals surface area contributed by atoms with Gasteiger partial charge in [-0.1, -0.05) is 30.3 Å². The number of ether oxygens (including phenoxy) is 2. The minimum Gasteiger partial charge on any atom is -0.465 e. The number of aliphatic hydroxyl groups is 1. The van der Waals surface area contributed by atoms with Crippen molar-refractivity contribution in [3.8, 4) is 0 Å². The molecule has 0 aliphatic rings. The van der Waals surface area contributed by atoms with E-state index in [4.69, 9.17) is 9.47 Å². The first-order valence-corrected chi connectivity index (χ1v) is 7.96. The number of rotatable bonds is 10. The van der Waals surface area contributed by atoms with E-state index in [1.54, 1.807) is 0 Å². The lowest BCUT2D eigenvalue weighted by Crippen LogP contribution is -2.21. The monoisotopic (exact) mass is 322 g/mol. The molecule has 0 saturated carbocycles. The summed E-state index contributed by atoms with van der Waals surface area (Å²) in [6.07, 6.45) is 2.29.